The molecule has 152 valence electrons. The molecule has 29 heavy (non-hydrogen) atoms. The van der Waals surface area contributed by atoms with Crippen LogP contribution in [0.15, 0.2) is 65.7 Å². The molecule has 1 aromatic heterocycles. The van der Waals surface area contributed by atoms with E-state index in [1.165, 1.54) is 12.3 Å². The number of hydrogen-bond donors (Lipinski definition) is 3. The summed E-state index contributed by atoms with van der Waals surface area (Å²) in [6.07, 6.45) is 2.14. The molecule has 2 aromatic carbocycles. The van der Waals surface area contributed by atoms with Crippen molar-refractivity contribution in [2.24, 2.45) is 0 Å². The molecule has 3 N–H and O–H groups in total. The monoisotopic (exact) mass is 431 g/mol. The first-order valence-electron chi connectivity index (χ1n) is 9.12. The quantitative estimate of drug-likeness (QED) is 0.478. The van der Waals surface area contributed by atoms with Gasteiger partial charge in [0.1, 0.15) is 9.92 Å². The van der Waals surface area contributed by atoms with Crippen LogP contribution in [-0.4, -0.2) is 24.4 Å². The van der Waals surface area contributed by atoms with E-state index in [0.717, 1.165) is 5.69 Å². The van der Waals surface area contributed by atoms with Gasteiger partial charge in [0.2, 0.25) is 16.0 Å². The summed E-state index contributed by atoms with van der Waals surface area (Å²) in [4.78, 5) is 8.67. The third-order valence-corrected chi connectivity index (χ3v) is 6.10. The Hall–Kier alpha value is -2.68. The highest BCUT2D eigenvalue weighted by Crippen LogP contribution is 2.29. The predicted octanol–water partition coefficient (Wildman–Crippen LogP) is 4.69. The molecule has 1 unspecified atom stereocenters. The highest BCUT2D eigenvalue weighted by molar-refractivity contribution is 7.89. The molecule has 1 atom stereocenters. The summed E-state index contributed by atoms with van der Waals surface area (Å²) in [7, 11) is -3.71. The summed E-state index contributed by atoms with van der Waals surface area (Å²) in [6.45, 7) is 3.73. The smallest absolute Gasteiger partial charge is 0.242 e. The fourth-order valence-corrected chi connectivity index (χ4v) is 4.14. The Labute approximate surface area is 175 Å². The molecule has 9 heteroatoms. The van der Waals surface area contributed by atoms with E-state index in [-0.39, 0.29) is 16.0 Å². The van der Waals surface area contributed by atoms with Gasteiger partial charge < -0.3 is 10.6 Å². The van der Waals surface area contributed by atoms with Gasteiger partial charge in [-0.25, -0.2) is 18.1 Å². The van der Waals surface area contributed by atoms with E-state index in [0.29, 0.717) is 23.9 Å². The molecule has 0 saturated heterocycles. The lowest BCUT2D eigenvalue weighted by atomic mass is 10.3. The first-order valence-corrected chi connectivity index (χ1v) is 11.0. The number of halogens is 1. The molecule has 7 nitrogen and oxygen atoms in total. The number of nitrogens with zero attached hydrogens (tertiary/aromatic N) is 2. The van der Waals surface area contributed by atoms with Crippen LogP contribution < -0.4 is 15.4 Å². The Morgan fingerprint density at radius 2 is 1.72 bits per heavy atom. The molecule has 1 heterocycles. The molecule has 3 rings (SSSR count). The molecule has 0 amide bonds. The second-order valence-corrected chi connectivity index (χ2v) is 8.52. The summed E-state index contributed by atoms with van der Waals surface area (Å²) in [5.41, 5.74) is 1.19. The highest BCUT2D eigenvalue weighted by atomic mass is 35.5. The van der Waals surface area contributed by atoms with E-state index in [9.17, 15) is 8.42 Å². The minimum Gasteiger partial charge on any atom is -0.338 e. The normalized spacial score (nSPS) is 12.4. The molecule has 0 fully saturated rings. The lowest BCUT2D eigenvalue weighted by Crippen LogP contribution is -2.32. The molecule has 0 radical (unpaired) electrons. The van der Waals surface area contributed by atoms with Crippen LogP contribution in [0.25, 0.3) is 0 Å². The zero-order valence-electron chi connectivity index (χ0n) is 16.1. The first kappa shape index (κ1) is 21.0. The van der Waals surface area contributed by atoms with Crippen LogP contribution in [0.5, 0.6) is 0 Å². The van der Waals surface area contributed by atoms with Crippen molar-refractivity contribution in [1.82, 2.24) is 14.7 Å². The lowest BCUT2D eigenvalue weighted by molar-refractivity contribution is 0.556. The summed E-state index contributed by atoms with van der Waals surface area (Å²) in [5.74, 6) is 0.632. The molecular weight excluding hydrogens is 410 g/mol. The van der Waals surface area contributed by atoms with Crippen LogP contribution in [0.4, 0.5) is 23.1 Å². The van der Waals surface area contributed by atoms with Crippen LogP contribution in [-0.2, 0) is 10.0 Å². The second-order valence-electron chi connectivity index (χ2n) is 6.43. The fraction of sp³-hybridized carbons (Fsp3) is 0.200. The molecule has 3 aromatic rings. The summed E-state index contributed by atoms with van der Waals surface area (Å²) >= 11 is 6.24. The van der Waals surface area contributed by atoms with Crippen LogP contribution in [0.2, 0.25) is 5.02 Å². The maximum atomic E-state index is 12.8. The van der Waals surface area contributed by atoms with E-state index in [2.05, 4.69) is 25.3 Å². The Morgan fingerprint density at radius 3 is 2.45 bits per heavy atom. The number of rotatable bonds is 8. The van der Waals surface area contributed by atoms with Crippen LogP contribution in [0.3, 0.4) is 0 Å². The second kappa shape index (κ2) is 9.21. The van der Waals surface area contributed by atoms with Gasteiger partial charge in [-0.05, 0) is 37.6 Å². The molecule has 0 aliphatic rings. The van der Waals surface area contributed by atoms with Crippen LogP contribution in [0.1, 0.15) is 20.3 Å². The van der Waals surface area contributed by atoms with Crippen molar-refractivity contribution >= 4 is 44.8 Å². The van der Waals surface area contributed by atoms with Gasteiger partial charge in [0, 0.05) is 11.7 Å². The standard InChI is InChI=1S/C20H22ClN5O2S/c1-3-14(2)26-29(27,28)18-12-8-7-11-17(18)24-19-16(21)13-22-20(25-19)23-15-9-5-4-6-10-15/h4-14,26H,3H2,1-2H3,(H2,22,23,24,25). The Kier molecular flexibility index (Phi) is 6.68. The van der Waals surface area contributed by atoms with Gasteiger partial charge in [-0.1, -0.05) is 48.9 Å². The van der Waals surface area contributed by atoms with Crippen LogP contribution >= 0.6 is 11.6 Å². The van der Waals surface area contributed by atoms with Crippen LogP contribution in [0, 0.1) is 0 Å². The van der Waals surface area contributed by atoms with Crippen molar-refractivity contribution < 1.29 is 8.42 Å². The fourth-order valence-electron chi connectivity index (χ4n) is 2.51. The van der Waals surface area contributed by atoms with Crippen molar-refractivity contribution in [3.05, 3.63) is 65.8 Å². The minimum atomic E-state index is -3.71. The predicted molar refractivity (Wildman–Crippen MR) is 117 cm³/mol. The molecule has 0 aliphatic heterocycles. The van der Waals surface area contributed by atoms with Crippen molar-refractivity contribution in [2.45, 2.75) is 31.2 Å². The zero-order valence-corrected chi connectivity index (χ0v) is 17.6. The molecule has 0 bridgehead atoms. The molecule has 0 aliphatic carbocycles. The van der Waals surface area contributed by atoms with Crippen molar-refractivity contribution in [1.29, 1.82) is 0 Å². The number of para-hydroxylation sites is 2. The summed E-state index contributed by atoms with van der Waals surface area (Å²) in [6, 6.07) is 15.9. The number of anilines is 4. The van der Waals surface area contributed by atoms with Gasteiger partial charge in [0.15, 0.2) is 5.82 Å². The maximum Gasteiger partial charge on any atom is 0.242 e. The largest absolute Gasteiger partial charge is 0.338 e. The van der Waals surface area contributed by atoms with Crippen molar-refractivity contribution in [2.75, 3.05) is 10.6 Å². The average molecular weight is 432 g/mol. The summed E-state index contributed by atoms with van der Waals surface area (Å²) in [5, 5.41) is 6.38. The Bertz CT molecular complexity index is 1080. The average Bonchev–Trinajstić information content (AvgIpc) is 2.71. The SMILES string of the molecule is CCC(C)NS(=O)(=O)c1ccccc1Nc1nc(Nc2ccccc2)ncc1Cl. The Balaban J connectivity index is 1.90. The molecular formula is C20H22ClN5O2S. The number of aromatic nitrogens is 2. The van der Waals surface area contributed by atoms with Gasteiger partial charge in [-0.15, -0.1) is 0 Å². The first-order chi connectivity index (χ1) is 13.9. The number of nitrogens with one attached hydrogen (secondary N) is 3. The van der Waals surface area contributed by atoms with Gasteiger partial charge in [-0.2, -0.15) is 4.98 Å². The third kappa shape index (κ3) is 5.44. The topological polar surface area (TPSA) is 96.0 Å². The highest BCUT2D eigenvalue weighted by Gasteiger charge is 2.21. The third-order valence-electron chi connectivity index (χ3n) is 4.17. The zero-order chi connectivity index (χ0) is 20.9. The maximum absolute atomic E-state index is 12.8. The summed E-state index contributed by atoms with van der Waals surface area (Å²) < 4.78 is 28.2. The van der Waals surface area contributed by atoms with E-state index >= 15 is 0 Å². The number of benzene rings is 2. The minimum absolute atomic E-state index is 0.118. The van der Waals surface area contributed by atoms with Gasteiger partial charge in [0.05, 0.1) is 11.9 Å². The number of hydrogen-bond acceptors (Lipinski definition) is 6. The van der Waals surface area contributed by atoms with Crippen molar-refractivity contribution in [3.63, 3.8) is 0 Å². The molecule has 0 spiro atoms. The lowest BCUT2D eigenvalue weighted by Gasteiger charge is -2.16. The van der Waals surface area contributed by atoms with Gasteiger partial charge >= 0.3 is 0 Å². The van der Waals surface area contributed by atoms with E-state index in [1.54, 1.807) is 18.2 Å². The van der Waals surface area contributed by atoms with Gasteiger partial charge in [-0.3, -0.25) is 0 Å². The van der Waals surface area contributed by atoms with E-state index < -0.39 is 10.0 Å². The number of sulfonamides is 1. The molecule has 0 saturated carbocycles. The van der Waals surface area contributed by atoms with E-state index in [4.69, 9.17) is 11.6 Å². The van der Waals surface area contributed by atoms with Crippen molar-refractivity contribution in [3.8, 4) is 0 Å². The van der Waals surface area contributed by atoms with Gasteiger partial charge in [0.25, 0.3) is 0 Å². The van der Waals surface area contributed by atoms with E-state index in [1.807, 2.05) is 44.2 Å². The Morgan fingerprint density at radius 1 is 1.03 bits per heavy atom.